The summed E-state index contributed by atoms with van der Waals surface area (Å²) < 4.78 is 18.2. The van der Waals surface area contributed by atoms with Gasteiger partial charge in [-0.25, -0.2) is 4.85 Å². The van der Waals surface area contributed by atoms with E-state index >= 15 is 0 Å². The number of hydrogen-bond acceptors (Lipinski definition) is 7. The molecule has 2 heterocycles. The van der Waals surface area contributed by atoms with Crippen molar-refractivity contribution in [3.05, 3.63) is 53.5 Å². The third kappa shape index (κ3) is 5.38. The van der Waals surface area contributed by atoms with Crippen LogP contribution in [0.25, 0.3) is 38.6 Å². The van der Waals surface area contributed by atoms with Gasteiger partial charge in [-0.3, -0.25) is 9.48 Å². The van der Waals surface area contributed by atoms with Crippen LogP contribution in [0, 0.1) is 6.57 Å². The molecule has 2 aromatic carbocycles. The van der Waals surface area contributed by atoms with Crippen molar-refractivity contribution in [1.82, 2.24) is 19.9 Å². The van der Waals surface area contributed by atoms with Crippen molar-refractivity contribution in [2.75, 3.05) is 6.61 Å². The molecular formula is C27H29N5O4. The Bertz CT molecular complexity index is 1410. The highest BCUT2D eigenvalue weighted by molar-refractivity contribution is 5.85. The van der Waals surface area contributed by atoms with Gasteiger partial charge in [0.15, 0.2) is 0 Å². The smallest absolute Gasteiger partial charge is 0.305 e. The second-order valence-corrected chi connectivity index (χ2v) is 8.58. The van der Waals surface area contributed by atoms with Crippen molar-refractivity contribution in [2.45, 2.75) is 59.6 Å². The molecule has 0 unspecified atom stereocenters. The number of carbonyl (C=O) groups excluding carboxylic acids is 1. The van der Waals surface area contributed by atoms with Gasteiger partial charge in [-0.1, -0.05) is 12.1 Å². The predicted molar refractivity (Wildman–Crippen MR) is 136 cm³/mol. The molecule has 36 heavy (non-hydrogen) atoms. The zero-order valence-electron chi connectivity index (χ0n) is 20.9. The van der Waals surface area contributed by atoms with Crippen molar-refractivity contribution in [2.24, 2.45) is 0 Å². The van der Waals surface area contributed by atoms with E-state index in [2.05, 4.69) is 33.1 Å². The number of aryl methyl sites for hydroxylation is 2. The molecule has 0 saturated carbocycles. The number of aromatic nitrogens is 4. The van der Waals surface area contributed by atoms with Crippen LogP contribution in [-0.4, -0.2) is 38.6 Å². The number of esters is 1. The van der Waals surface area contributed by atoms with Crippen LogP contribution in [0.2, 0.25) is 0 Å². The minimum Gasteiger partial charge on any atom is -0.502 e. The van der Waals surface area contributed by atoms with Gasteiger partial charge in [-0.15, -0.1) is 0 Å². The number of ether oxygens (including phenoxy) is 2. The fourth-order valence-electron chi connectivity index (χ4n) is 4.00. The lowest BCUT2D eigenvalue weighted by atomic mass is 10.0. The molecule has 0 atom stereocenters. The molecule has 4 aromatic rings. The molecule has 0 fully saturated rings. The van der Waals surface area contributed by atoms with E-state index in [1.807, 2.05) is 30.7 Å². The largest absolute Gasteiger partial charge is 0.502 e. The van der Waals surface area contributed by atoms with E-state index < -0.39 is 0 Å². The van der Waals surface area contributed by atoms with E-state index in [1.165, 1.54) is 0 Å². The maximum absolute atomic E-state index is 11.6. The summed E-state index contributed by atoms with van der Waals surface area (Å²) in [5.74, 6) is 1.15. The Balaban J connectivity index is 1.60. The van der Waals surface area contributed by atoms with Crippen LogP contribution in [0.15, 0.2) is 41.1 Å². The van der Waals surface area contributed by atoms with Crippen LogP contribution >= 0.6 is 0 Å². The van der Waals surface area contributed by atoms with Gasteiger partial charge in [-0.2, -0.15) is 10.1 Å². The molecule has 0 radical (unpaired) electrons. The van der Waals surface area contributed by atoms with Crippen molar-refractivity contribution < 1.29 is 18.8 Å². The zero-order valence-corrected chi connectivity index (χ0v) is 20.9. The van der Waals surface area contributed by atoms with Gasteiger partial charge < -0.3 is 14.0 Å². The van der Waals surface area contributed by atoms with Crippen molar-refractivity contribution >= 4 is 22.6 Å². The quantitative estimate of drug-likeness (QED) is 0.200. The van der Waals surface area contributed by atoms with Crippen LogP contribution in [0.4, 0.5) is 5.69 Å². The van der Waals surface area contributed by atoms with Crippen molar-refractivity contribution in [1.29, 1.82) is 0 Å². The normalized spacial score (nSPS) is 11.1. The maximum Gasteiger partial charge on any atom is 0.305 e. The third-order valence-corrected chi connectivity index (χ3v) is 5.66. The van der Waals surface area contributed by atoms with Gasteiger partial charge in [-0.05, 0) is 69.5 Å². The first-order valence-corrected chi connectivity index (χ1v) is 12.1. The van der Waals surface area contributed by atoms with Crippen LogP contribution in [0.1, 0.15) is 46.1 Å². The summed E-state index contributed by atoms with van der Waals surface area (Å²) in [6.45, 7) is 16.2. The number of rotatable bonds is 10. The summed E-state index contributed by atoms with van der Waals surface area (Å²) >= 11 is 0. The highest BCUT2D eigenvalue weighted by Gasteiger charge is 2.17. The Morgan fingerprint density at radius 1 is 1.22 bits per heavy atom. The minimum atomic E-state index is -0.191. The van der Waals surface area contributed by atoms with E-state index in [9.17, 15) is 4.79 Å². The molecule has 0 amide bonds. The average molecular weight is 488 g/mol. The summed E-state index contributed by atoms with van der Waals surface area (Å²) in [6, 6.07) is 9.38. The Hall–Kier alpha value is -4.19. The number of hydrogen-bond donors (Lipinski definition) is 0. The number of benzene rings is 2. The molecule has 2 aromatic heterocycles. The molecule has 186 valence electrons. The monoisotopic (exact) mass is 487 g/mol. The van der Waals surface area contributed by atoms with E-state index in [0.29, 0.717) is 54.7 Å². The number of nitrogens with zero attached hydrogens (tertiary/aromatic N) is 5. The summed E-state index contributed by atoms with van der Waals surface area (Å²) in [5, 5.41) is 9.69. The molecule has 0 bridgehead atoms. The molecule has 0 aliphatic rings. The van der Waals surface area contributed by atoms with Gasteiger partial charge >= 0.3 is 5.97 Å². The lowest BCUT2D eigenvalue weighted by molar-refractivity contribution is -0.143. The second-order valence-electron chi connectivity index (χ2n) is 8.58. The van der Waals surface area contributed by atoms with Gasteiger partial charge in [0.1, 0.15) is 5.75 Å². The SMILES string of the molecule is [C-]#[N+]c1cc(-c2nc(-c3cc4cnn(CCCC(=O)OCC)c4cc3CC)no2)ccc1OC(C)C. The molecule has 0 saturated heterocycles. The van der Waals surface area contributed by atoms with E-state index in [0.717, 1.165) is 28.5 Å². The Labute approximate surface area is 209 Å². The van der Waals surface area contributed by atoms with Crippen LogP contribution in [0.5, 0.6) is 5.75 Å². The third-order valence-electron chi connectivity index (χ3n) is 5.66. The highest BCUT2D eigenvalue weighted by Crippen LogP contribution is 2.34. The average Bonchev–Trinajstić information content (AvgIpc) is 3.51. The predicted octanol–water partition coefficient (Wildman–Crippen LogP) is 6.00. The molecule has 9 nitrogen and oxygen atoms in total. The molecule has 9 heteroatoms. The first-order chi connectivity index (χ1) is 17.4. The fourth-order valence-corrected chi connectivity index (χ4v) is 4.00. The lowest BCUT2D eigenvalue weighted by Gasteiger charge is -2.11. The fraction of sp³-hybridized carbons (Fsp3) is 0.370. The maximum atomic E-state index is 11.6. The van der Waals surface area contributed by atoms with Crippen LogP contribution < -0.4 is 4.74 Å². The topological polar surface area (TPSA) is 96.6 Å². The molecule has 4 rings (SSSR count). The van der Waals surface area contributed by atoms with E-state index in [-0.39, 0.29) is 12.1 Å². The molecule has 0 aliphatic heterocycles. The zero-order chi connectivity index (χ0) is 25.7. The summed E-state index contributed by atoms with van der Waals surface area (Å²) in [5.41, 5.74) is 3.97. The number of carbonyl (C=O) groups is 1. The lowest BCUT2D eigenvalue weighted by Crippen LogP contribution is -2.07. The van der Waals surface area contributed by atoms with Crippen LogP contribution in [0.3, 0.4) is 0 Å². The molecule has 0 N–H and O–H groups in total. The van der Waals surface area contributed by atoms with Gasteiger partial charge in [0.05, 0.1) is 31.0 Å². The highest BCUT2D eigenvalue weighted by atomic mass is 16.5. The first-order valence-electron chi connectivity index (χ1n) is 12.1. The van der Waals surface area contributed by atoms with Gasteiger partial charge in [0.25, 0.3) is 5.89 Å². The molecule has 0 spiro atoms. The summed E-state index contributed by atoms with van der Waals surface area (Å²) in [7, 11) is 0. The number of fused-ring (bicyclic) bond motifs is 1. The van der Waals surface area contributed by atoms with Gasteiger partial charge in [0, 0.05) is 29.5 Å². The standard InChI is InChI=1S/C27H29N5O4/c1-6-18-15-23-20(16-29-32(23)12-8-9-25(33)34-7-2)13-21(18)26-30-27(36-31-26)19-10-11-24(35-17(3)4)22(14-19)28-5/h10-11,13-17H,6-9,12H2,1-4H3. The van der Waals surface area contributed by atoms with Gasteiger partial charge in [0.2, 0.25) is 11.5 Å². The Morgan fingerprint density at radius 3 is 2.78 bits per heavy atom. The van der Waals surface area contributed by atoms with Crippen molar-refractivity contribution in [3.63, 3.8) is 0 Å². The Kier molecular flexibility index (Phi) is 7.64. The minimum absolute atomic E-state index is 0.0318. The summed E-state index contributed by atoms with van der Waals surface area (Å²) in [6.07, 6.45) is 3.56. The second kappa shape index (κ2) is 11.0. The molecule has 0 aliphatic carbocycles. The molecular weight excluding hydrogens is 458 g/mol. The van der Waals surface area contributed by atoms with Crippen LogP contribution in [-0.2, 0) is 22.5 Å². The van der Waals surface area contributed by atoms with E-state index in [1.54, 1.807) is 25.3 Å². The first kappa shape index (κ1) is 24.9. The van der Waals surface area contributed by atoms with Crippen molar-refractivity contribution in [3.8, 4) is 28.6 Å². The summed E-state index contributed by atoms with van der Waals surface area (Å²) in [4.78, 5) is 19.8. The Morgan fingerprint density at radius 2 is 2.06 bits per heavy atom. The van der Waals surface area contributed by atoms with E-state index in [4.69, 9.17) is 20.6 Å².